The van der Waals surface area contributed by atoms with Gasteiger partial charge in [-0.05, 0) is 19.1 Å². The second-order valence-corrected chi connectivity index (χ2v) is 4.96. The summed E-state index contributed by atoms with van der Waals surface area (Å²) in [5.41, 5.74) is 1.26. The Hall–Kier alpha value is -2.02. The van der Waals surface area contributed by atoms with E-state index in [1.807, 2.05) is 0 Å². The summed E-state index contributed by atoms with van der Waals surface area (Å²) in [5, 5.41) is 2.37. The maximum absolute atomic E-state index is 12.2. The van der Waals surface area contributed by atoms with E-state index in [0.29, 0.717) is 22.9 Å². The Kier molecular flexibility index (Phi) is 5.21. The molecular formula is C14H13F2NO3S. The van der Waals surface area contributed by atoms with Crippen molar-refractivity contribution >= 4 is 17.3 Å². The van der Waals surface area contributed by atoms with Gasteiger partial charge < -0.3 is 9.47 Å². The van der Waals surface area contributed by atoms with Gasteiger partial charge in [0, 0.05) is 10.9 Å². The van der Waals surface area contributed by atoms with E-state index in [-0.39, 0.29) is 18.1 Å². The fourth-order valence-electron chi connectivity index (χ4n) is 1.69. The Morgan fingerprint density at radius 2 is 2.24 bits per heavy atom. The van der Waals surface area contributed by atoms with Gasteiger partial charge in [-0.3, -0.25) is 4.79 Å². The molecule has 0 bridgehead atoms. The fourth-order valence-corrected chi connectivity index (χ4v) is 2.48. The Bertz CT molecular complexity index is 616. The van der Waals surface area contributed by atoms with Crippen LogP contribution in [-0.2, 0) is 16.0 Å². The lowest BCUT2D eigenvalue weighted by molar-refractivity contribution is -0.142. The molecule has 4 nitrogen and oxygen atoms in total. The molecule has 0 amide bonds. The minimum atomic E-state index is -2.87. The first kappa shape index (κ1) is 15.4. The number of halogens is 2. The van der Waals surface area contributed by atoms with Crippen molar-refractivity contribution in [2.75, 3.05) is 6.61 Å². The zero-order valence-electron chi connectivity index (χ0n) is 11.2. The highest BCUT2D eigenvalue weighted by atomic mass is 32.1. The molecular weight excluding hydrogens is 300 g/mol. The van der Waals surface area contributed by atoms with E-state index < -0.39 is 6.61 Å². The number of esters is 1. The number of hydrogen-bond acceptors (Lipinski definition) is 5. The van der Waals surface area contributed by atoms with Crippen molar-refractivity contribution < 1.29 is 23.0 Å². The van der Waals surface area contributed by atoms with Crippen molar-refractivity contribution in [1.29, 1.82) is 0 Å². The number of thiazole rings is 1. The van der Waals surface area contributed by atoms with Gasteiger partial charge in [0.1, 0.15) is 10.8 Å². The van der Waals surface area contributed by atoms with E-state index in [4.69, 9.17) is 4.74 Å². The molecule has 0 aliphatic carbocycles. The van der Waals surface area contributed by atoms with Crippen LogP contribution in [0.5, 0.6) is 5.75 Å². The van der Waals surface area contributed by atoms with Gasteiger partial charge in [-0.2, -0.15) is 8.78 Å². The number of benzene rings is 1. The third-order valence-corrected chi connectivity index (χ3v) is 3.36. The van der Waals surface area contributed by atoms with Crippen LogP contribution in [0.15, 0.2) is 29.6 Å². The highest BCUT2D eigenvalue weighted by Crippen LogP contribution is 2.26. The molecule has 2 aromatic rings. The molecule has 0 spiro atoms. The second-order valence-electron chi connectivity index (χ2n) is 4.01. The van der Waals surface area contributed by atoms with E-state index in [9.17, 15) is 13.6 Å². The maximum atomic E-state index is 12.2. The molecule has 0 fully saturated rings. The molecule has 0 aliphatic heterocycles. The van der Waals surface area contributed by atoms with Crippen LogP contribution in [-0.4, -0.2) is 24.2 Å². The number of carbonyl (C=O) groups is 1. The van der Waals surface area contributed by atoms with Gasteiger partial charge in [-0.1, -0.05) is 12.1 Å². The van der Waals surface area contributed by atoms with Crippen LogP contribution in [0.3, 0.4) is 0 Å². The monoisotopic (exact) mass is 313 g/mol. The van der Waals surface area contributed by atoms with Gasteiger partial charge in [0.15, 0.2) is 0 Å². The summed E-state index contributed by atoms with van der Waals surface area (Å²) in [5.74, 6) is -0.268. The van der Waals surface area contributed by atoms with Crippen molar-refractivity contribution in [3.05, 3.63) is 34.7 Å². The molecule has 0 radical (unpaired) electrons. The average Bonchev–Trinajstić information content (AvgIpc) is 2.87. The largest absolute Gasteiger partial charge is 0.466 e. The second kappa shape index (κ2) is 7.12. The molecule has 0 atom stereocenters. The van der Waals surface area contributed by atoms with Gasteiger partial charge in [-0.15, -0.1) is 11.3 Å². The normalized spacial score (nSPS) is 10.7. The molecule has 7 heteroatoms. The third kappa shape index (κ3) is 4.49. The summed E-state index contributed by atoms with van der Waals surface area (Å²) in [6, 6.07) is 6.27. The quantitative estimate of drug-likeness (QED) is 0.766. The van der Waals surface area contributed by atoms with E-state index in [2.05, 4.69) is 9.72 Å². The smallest absolute Gasteiger partial charge is 0.387 e. The van der Waals surface area contributed by atoms with Gasteiger partial charge in [-0.25, -0.2) is 4.98 Å². The van der Waals surface area contributed by atoms with Gasteiger partial charge >= 0.3 is 12.6 Å². The van der Waals surface area contributed by atoms with Crippen molar-refractivity contribution in [3.8, 4) is 17.0 Å². The molecule has 1 heterocycles. The van der Waals surface area contributed by atoms with Crippen molar-refractivity contribution in [2.24, 2.45) is 0 Å². The van der Waals surface area contributed by atoms with Gasteiger partial charge in [0.25, 0.3) is 0 Å². The lowest BCUT2D eigenvalue weighted by atomic mass is 10.2. The van der Waals surface area contributed by atoms with Crippen molar-refractivity contribution in [1.82, 2.24) is 4.98 Å². The van der Waals surface area contributed by atoms with E-state index in [1.54, 1.807) is 24.4 Å². The molecule has 0 saturated heterocycles. The summed E-state index contributed by atoms with van der Waals surface area (Å²) in [6.07, 6.45) is 0.103. The molecule has 2 rings (SSSR count). The van der Waals surface area contributed by atoms with Crippen LogP contribution in [0.25, 0.3) is 11.3 Å². The molecule has 21 heavy (non-hydrogen) atoms. The fraction of sp³-hybridized carbons (Fsp3) is 0.286. The van der Waals surface area contributed by atoms with Crippen LogP contribution < -0.4 is 4.74 Å². The molecule has 112 valence electrons. The van der Waals surface area contributed by atoms with Gasteiger partial charge in [0.05, 0.1) is 18.7 Å². The number of nitrogens with zero attached hydrogens (tertiary/aromatic N) is 1. The average molecular weight is 313 g/mol. The highest BCUT2D eigenvalue weighted by Gasteiger charge is 2.11. The highest BCUT2D eigenvalue weighted by molar-refractivity contribution is 7.10. The molecule has 0 aliphatic rings. The van der Waals surface area contributed by atoms with Crippen molar-refractivity contribution in [2.45, 2.75) is 20.0 Å². The molecule has 0 unspecified atom stereocenters. The molecule has 0 saturated carbocycles. The first-order chi connectivity index (χ1) is 10.1. The summed E-state index contributed by atoms with van der Waals surface area (Å²) in [6.45, 7) is -0.806. The van der Waals surface area contributed by atoms with E-state index >= 15 is 0 Å². The van der Waals surface area contributed by atoms with E-state index in [0.717, 1.165) is 0 Å². The summed E-state index contributed by atoms with van der Waals surface area (Å²) >= 11 is 1.32. The minimum absolute atomic E-state index is 0.0717. The number of rotatable bonds is 6. The standard InChI is InChI=1S/C14H13F2NO3S/c1-2-19-13(18)7-12-17-11(8-21-12)9-4-3-5-10(6-9)20-14(15)16/h3-6,8,14H,2,7H2,1H3. The Balaban J connectivity index is 2.12. The van der Waals surface area contributed by atoms with Crippen LogP contribution in [0.4, 0.5) is 8.78 Å². The predicted molar refractivity (Wildman–Crippen MR) is 74.5 cm³/mol. The van der Waals surface area contributed by atoms with Crippen molar-refractivity contribution in [3.63, 3.8) is 0 Å². The molecule has 0 N–H and O–H groups in total. The lowest BCUT2D eigenvalue weighted by Gasteiger charge is -2.05. The van der Waals surface area contributed by atoms with Crippen LogP contribution in [0.2, 0.25) is 0 Å². The maximum Gasteiger partial charge on any atom is 0.387 e. The first-order valence-corrected chi connectivity index (χ1v) is 7.11. The Morgan fingerprint density at radius 3 is 2.95 bits per heavy atom. The van der Waals surface area contributed by atoms with Crippen LogP contribution in [0.1, 0.15) is 11.9 Å². The summed E-state index contributed by atoms with van der Waals surface area (Å²) in [4.78, 5) is 15.7. The topological polar surface area (TPSA) is 48.4 Å². The Morgan fingerprint density at radius 1 is 1.43 bits per heavy atom. The zero-order chi connectivity index (χ0) is 15.2. The lowest BCUT2D eigenvalue weighted by Crippen LogP contribution is -2.07. The van der Waals surface area contributed by atoms with Gasteiger partial charge in [0.2, 0.25) is 0 Å². The zero-order valence-corrected chi connectivity index (χ0v) is 12.0. The minimum Gasteiger partial charge on any atom is -0.466 e. The SMILES string of the molecule is CCOC(=O)Cc1nc(-c2cccc(OC(F)F)c2)cs1. The van der Waals surface area contributed by atoms with E-state index in [1.165, 1.54) is 23.5 Å². The number of alkyl halides is 2. The first-order valence-electron chi connectivity index (χ1n) is 6.23. The molecule has 1 aromatic heterocycles. The van der Waals surface area contributed by atoms with Crippen LogP contribution >= 0.6 is 11.3 Å². The Labute approximate surface area is 124 Å². The summed E-state index contributed by atoms with van der Waals surface area (Å²) < 4.78 is 33.6. The molecule has 1 aromatic carbocycles. The number of aromatic nitrogens is 1. The number of hydrogen-bond donors (Lipinski definition) is 0. The number of carbonyl (C=O) groups excluding carboxylic acids is 1. The third-order valence-electron chi connectivity index (χ3n) is 2.51. The van der Waals surface area contributed by atoms with Crippen LogP contribution in [0, 0.1) is 0 Å². The number of ether oxygens (including phenoxy) is 2. The predicted octanol–water partition coefficient (Wildman–Crippen LogP) is 3.52. The summed E-state index contributed by atoms with van der Waals surface area (Å²) in [7, 11) is 0.